The van der Waals surface area contributed by atoms with Crippen LogP contribution >= 0.6 is 0 Å². The number of aryl methyl sites for hydroxylation is 1. The highest BCUT2D eigenvalue weighted by Crippen LogP contribution is 2.34. The van der Waals surface area contributed by atoms with Crippen LogP contribution in [0.2, 0.25) is 0 Å². The largest absolute Gasteiger partial charge is 0.378 e. The van der Waals surface area contributed by atoms with Crippen LogP contribution in [0.15, 0.2) is 36.8 Å². The molecule has 0 radical (unpaired) electrons. The molecule has 1 N–H and O–H groups in total. The molecular formula is C17H18N4O. The van der Waals surface area contributed by atoms with Crippen molar-refractivity contribution in [1.82, 2.24) is 15.0 Å². The van der Waals surface area contributed by atoms with Crippen LogP contribution in [0.5, 0.6) is 0 Å². The fourth-order valence-electron chi connectivity index (χ4n) is 3.00. The quantitative estimate of drug-likeness (QED) is 0.789. The minimum atomic E-state index is 0.746. The van der Waals surface area contributed by atoms with Crippen LogP contribution < -0.4 is 4.90 Å². The highest BCUT2D eigenvalue weighted by molar-refractivity contribution is 6.01. The third kappa shape index (κ3) is 2.23. The maximum atomic E-state index is 5.45. The third-order valence-electron chi connectivity index (χ3n) is 4.09. The van der Waals surface area contributed by atoms with E-state index in [1.807, 2.05) is 6.20 Å². The van der Waals surface area contributed by atoms with Gasteiger partial charge in [-0.15, -0.1) is 0 Å². The van der Waals surface area contributed by atoms with Gasteiger partial charge in [0, 0.05) is 24.8 Å². The summed E-state index contributed by atoms with van der Waals surface area (Å²) in [7, 11) is 0. The van der Waals surface area contributed by atoms with Crippen molar-refractivity contribution in [2.45, 2.75) is 6.92 Å². The minimum Gasteiger partial charge on any atom is -0.378 e. The second kappa shape index (κ2) is 5.42. The van der Waals surface area contributed by atoms with Gasteiger partial charge < -0.3 is 14.6 Å². The topological polar surface area (TPSA) is 54.0 Å². The zero-order valence-corrected chi connectivity index (χ0v) is 12.5. The normalized spacial score (nSPS) is 15.4. The summed E-state index contributed by atoms with van der Waals surface area (Å²) in [6.45, 7) is 5.33. The zero-order chi connectivity index (χ0) is 14.9. The first-order valence-electron chi connectivity index (χ1n) is 7.55. The summed E-state index contributed by atoms with van der Waals surface area (Å²) in [6, 6.07) is 8.52. The summed E-state index contributed by atoms with van der Waals surface area (Å²) in [6.07, 6.45) is 3.65. The number of nitrogens with one attached hydrogen (secondary N) is 1. The Hall–Kier alpha value is -2.40. The van der Waals surface area contributed by atoms with Crippen molar-refractivity contribution in [3.8, 4) is 11.1 Å². The standard InChI is InChI=1S/C17H18N4O/c1-12-3-2-4-13(9-12)14-10-18-16-15(14)17(20-11-19-16)21-5-7-22-8-6-21/h2-4,9-11H,5-8H2,1H3,(H,18,19,20). The van der Waals surface area contributed by atoms with Crippen LogP contribution in [0.3, 0.4) is 0 Å². The van der Waals surface area contributed by atoms with Crippen molar-refractivity contribution < 1.29 is 4.74 Å². The lowest BCUT2D eigenvalue weighted by Crippen LogP contribution is -2.36. The molecule has 0 saturated carbocycles. The molecular weight excluding hydrogens is 276 g/mol. The van der Waals surface area contributed by atoms with Gasteiger partial charge in [0.15, 0.2) is 0 Å². The lowest BCUT2D eigenvalue weighted by molar-refractivity contribution is 0.122. The number of fused-ring (bicyclic) bond motifs is 1. The molecule has 1 aliphatic rings. The molecule has 1 fully saturated rings. The van der Waals surface area contributed by atoms with Gasteiger partial charge >= 0.3 is 0 Å². The first kappa shape index (κ1) is 13.3. The number of nitrogens with zero attached hydrogens (tertiary/aromatic N) is 3. The summed E-state index contributed by atoms with van der Waals surface area (Å²) in [4.78, 5) is 14.5. The average Bonchev–Trinajstić information content (AvgIpc) is 3.00. The Balaban J connectivity index is 1.89. The number of ether oxygens (including phenoxy) is 1. The Morgan fingerprint density at radius 3 is 2.86 bits per heavy atom. The van der Waals surface area contributed by atoms with Gasteiger partial charge in [0.05, 0.1) is 18.6 Å². The van der Waals surface area contributed by atoms with E-state index in [0.717, 1.165) is 48.7 Å². The molecule has 22 heavy (non-hydrogen) atoms. The molecule has 1 aromatic carbocycles. The maximum absolute atomic E-state index is 5.45. The highest BCUT2D eigenvalue weighted by Gasteiger charge is 2.19. The molecule has 2 aromatic heterocycles. The lowest BCUT2D eigenvalue weighted by Gasteiger charge is -2.28. The Labute approximate surface area is 129 Å². The van der Waals surface area contributed by atoms with E-state index in [4.69, 9.17) is 4.74 Å². The van der Waals surface area contributed by atoms with Gasteiger partial charge in [-0.3, -0.25) is 0 Å². The number of H-pyrrole nitrogens is 1. The van der Waals surface area contributed by atoms with E-state index in [0.29, 0.717) is 0 Å². The molecule has 1 aliphatic heterocycles. The van der Waals surface area contributed by atoms with Gasteiger partial charge in [0.1, 0.15) is 17.8 Å². The van der Waals surface area contributed by atoms with Crippen LogP contribution in [0.25, 0.3) is 22.2 Å². The first-order valence-corrected chi connectivity index (χ1v) is 7.55. The Bertz CT molecular complexity index is 805. The number of morpholine rings is 1. The van der Waals surface area contributed by atoms with Crippen molar-refractivity contribution >= 4 is 16.9 Å². The third-order valence-corrected chi connectivity index (χ3v) is 4.09. The molecule has 0 aliphatic carbocycles. The molecule has 4 rings (SSSR count). The summed E-state index contributed by atoms with van der Waals surface area (Å²) >= 11 is 0. The summed E-state index contributed by atoms with van der Waals surface area (Å²) in [5.74, 6) is 0.992. The van der Waals surface area contributed by atoms with Crippen LogP contribution in [0, 0.1) is 6.92 Å². The Kier molecular flexibility index (Phi) is 3.27. The molecule has 0 amide bonds. The second-order valence-corrected chi connectivity index (χ2v) is 5.59. The van der Waals surface area contributed by atoms with E-state index < -0.39 is 0 Å². The number of anilines is 1. The van der Waals surface area contributed by atoms with Gasteiger partial charge in [0.2, 0.25) is 0 Å². The Morgan fingerprint density at radius 2 is 2.05 bits per heavy atom. The van der Waals surface area contributed by atoms with Gasteiger partial charge in [-0.25, -0.2) is 9.97 Å². The van der Waals surface area contributed by atoms with Crippen molar-refractivity contribution in [2.75, 3.05) is 31.2 Å². The molecule has 5 nitrogen and oxygen atoms in total. The number of aromatic amines is 1. The number of aromatic nitrogens is 3. The molecule has 0 bridgehead atoms. The smallest absolute Gasteiger partial charge is 0.143 e. The van der Waals surface area contributed by atoms with E-state index in [1.54, 1.807) is 6.33 Å². The van der Waals surface area contributed by atoms with E-state index in [-0.39, 0.29) is 0 Å². The van der Waals surface area contributed by atoms with Crippen LogP contribution in [-0.4, -0.2) is 41.3 Å². The molecule has 3 aromatic rings. The van der Waals surface area contributed by atoms with E-state index in [2.05, 4.69) is 51.0 Å². The number of benzene rings is 1. The van der Waals surface area contributed by atoms with E-state index >= 15 is 0 Å². The molecule has 1 saturated heterocycles. The summed E-state index contributed by atoms with van der Waals surface area (Å²) < 4.78 is 5.45. The summed E-state index contributed by atoms with van der Waals surface area (Å²) in [5, 5.41) is 1.09. The SMILES string of the molecule is Cc1cccc(-c2c[nH]c3ncnc(N4CCOCC4)c23)c1. The zero-order valence-electron chi connectivity index (χ0n) is 12.5. The van der Waals surface area contributed by atoms with Gasteiger partial charge in [-0.05, 0) is 12.5 Å². The first-order chi connectivity index (χ1) is 10.8. The van der Waals surface area contributed by atoms with Gasteiger partial charge in [-0.1, -0.05) is 29.8 Å². The lowest BCUT2D eigenvalue weighted by atomic mass is 10.0. The maximum Gasteiger partial charge on any atom is 0.143 e. The van der Waals surface area contributed by atoms with Crippen molar-refractivity contribution in [1.29, 1.82) is 0 Å². The van der Waals surface area contributed by atoms with Gasteiger partial charge in [0.25, 0.3) is 0 Å². The van der Waals surface area contributed by atoms with Crippen molar-refractivity contribution in [2.24, 2.45) is 0 Å². The molecule has 0 atom stereocenters. The van der Waals surface area contributed by atoms with Crippen LogP contribution in [0.4, 0.5) is 5.82 Å². The number of rotatable bonds is 2. The van der Waals surface area contributed by atoms with Crippen LogP contribution in [-0.2, 0) is 4.74 Å². The second-order valence-electron chi connectivity index (χ2n) is 5.59. The molecule has 3 heterocycles. The average molecular weight is 294 g/mol. The monoisotopic (exact) mass is 294 g/mol. The predicted octanol–water partition coefficient (Wildman–Crippen LogP) is 2.77. The number of hydrogen-bond acceptors (Lipinski definition) is 4. The number of hydrogen-bond donors (Lipinski definition) is 1. The Morgan fingerprint density at radius 1 is 1.18 bits per heavy atom. The molecule has 5 heteroatoms. The molecule has 0 unspecified atom stereocenters. The fourth-order valence-corrected chi connectivity index (χ4v) is 3.00. The van der Waals surface area contributed by atoms with E-state index in [1.165, 1.54) is 11.1 Å². The molecule has 0 spiro atoms. The fraction of sp³-hybridized carbons (Fsp3) is 0.294. The molecule has 112 valence electrons. The summed E-state index contributed by atoms with van der Waals surface area (Å²) in [5.41, 5.74) is 4.47. The van der Waals surface area contributed by atoms with Gasteiger partial charge in [-0.2, -0.15) is 0 Å². The van der Waals surface area contributed by atoms with E-state index in [9.17, 15) is 0 Å². The van der Waals surface area contributed by atoms with Crippen molar-refractivity contribution in [3.63, 3.8) is 0 Å². The van der Waals surface area contributed by atoms with Crippen LogP contribution in [0.1, 0.15) is 5.56 Å². The highest BCUT2D eigenvalue weighted by atomic mass is 16.5. The minimum absolute atomic E-state index is 0.746. The predicted molar refractivity (Wildman–Crippen MR) is 87.1 cm³/mol. The van der Waals surface area contributed by atoms with Crippen molar-refractivity contribution in [3.05, 3.63) is 42.4 Å².